The Morgan fingerprint density at radius 3 is 2.42 bits per heavy atom. The van der Waals surface area contributed by atoms with E-state index < -0.39 is 0 Å². The summed E-state index contributed by atoms with van der Waals surface area (Å²) >= 11 is 5.80. The molecule has 0 spiro atoms. The molecular formula is C12H13ClN4O2. The Balaban J connectivity index is 2.17. The van der Waals surface area contributed by atoms with E-state index in [-0.39, 0.29) is 11.3 Å². The van der Waals surface area contributed by atoms with Gasteiger partial charge < -0.3 is 14.8 Å². The summed E-state index contributed by atoms with van der Waals surface area (Å²) in [5.41, 5.74) is 0. The molecule has 0 amide bonds. The second-order valence-electron chi connectivity index (χ2n) is 3.52. The lowest BCUT2D eigenvalue weighted by atomic mass is 10.3. The lowest BCUT2D eigenvalue weighted by molar-refractivity contribution is 0.410. The summed E-state index contributed by atoms with van der Waals surface area (Å²) in [5.74, 6) is 1.71. The van der Waals surface area contributed by atoms with E-state index in [2.05, 4.69) is 20.3 Å². The van der Waals surface area contributed by atoms with Crippen LogP contribution in [0.4, 0.5) is 5.95 Å². The Bertz CT molecular complexity index is 548. The lowest BCUT2D eigenvalue weighted by Gasteiger charge is -2.07. The monoisotopic (exact) mass is 280 g/mol. The largest absolute Gasteiger partial charge is 0.497 e. The average Bonchev–Trinajstić information content (AvgIpc) is 2.39. The predicted octanol–water partition coefficient (Wildman–Crippen LogP) is 2.76. The highest BCUT2D eigenvalue weighted by molar-refractivity contribution is 6.28. The van der Waals surface area contributed by atoms with Crippen LogP contribution in [0, 0.1) is 0 Å². The Labute approximate surface area is 115 Å². The number of hydrogen-bond donors (Lipinski definition) is 1. The van der Waals surface area contributed by atoms with Gasteiger partial charge >= 0.3 is 6.01 Å². The number of halogens is 1. The molecule has 7 heteroatoms. The molecule has 0 unspecified atom stereocenters. The number of aromatic nitrogens is 3. The van der Waals surface area contributed by atoms with E-state index in [9.17, 15) is 0 Å². The summed E-state index contributed by atoms with van der Waals surface area (Å²) < 4.78 is 10.6. The van der Waals surface area contributed by atoms with Crippen LogP contribution >= 0.6 is 11.6 Å². The zero-order chi connectivity index (χ0) is 13.7. The summed E-state index contributed by atoms with van der Waals surface area (Å²) in [7, 11) is 1.60. The fraction of sp³-hybridized carbons (Fsp3) is 0.250. The zero-order valence-corrected chi connectivity index (χ0v) is 11.3. The van der Waals surface area contributed by atoms with Crippen LogP contribution in [0.1, 0.15) is 6.92 Å². The van der Waals surface area contributed by atoms with Gasteiger partial charge in [0.15, 0.2) is 0 Å². The molecule has 100 valence electrons. The van der Waals surface area contributed by atoms with Crippen molar-refractivity contribution in [2.45, 2.75) is 6.92 Å². The topological polar surface area (TPSA) is 69.2 Å². The molecule has 0 radical (unpaired) electrons. The molecule has 0 saturated heterocycles. The van der Waals surface area contributed by atoms with Crippen molar-refractivity contribution in [2.75, 3.05) is 19.0 Å². The Morgan fingerprint density at radius 2 is 1.79 bits per heavy atom. The normalized spacial score (nSPS) is 10.1. The first-order chi connectivity index (χ1) is 9.21. The average molecular weight is 281 g/mol. The van der Waals surface area contributed by atoms with Crippen molar-refractivity contribution in [1.82, 2.24) is 15.0 Å². The molecule has 0 aliphatic rings. The third-order valence-electron chi connectivity index (χ3n) is 2.19. The van der Waals surface area contributed by atoms with E-state index in [1.807, 2.05) is 6.92 Å². The third-order valence-corrected chi connectivity index (χ3v) is 2.36. The predicted molar refractivity (Wildman–Crippen MR) is 72.1 cm³/mol. The molecule has 1 heterocycles. The Hall–Kier alpha value is -2.08. The van der Waals surface area contributed by atoms with Crippen molar-refractivity contribution < 1.29 is 9.47 Å². The van der Waals surface area contributed by atoms with Gasteiger partial charge in [0, 0.05) is 6.54 Å². The molecule has 0 aliphatic heterocycles. The second kappa shape index (κ2) is 6.19. The molecule has 6 nitrogen and oxygen atoms in total. The molecule has 2 aromatic rings. The van der Waals surface area contributed by atoms with Gasteiger partial charge in [0.1, 0.15) is 11.5 Å². The quantitative estimate of drug-likeness (QED) is 0.908. The second-order valence-corrected chi connectivity index (χ2v) is 3.86. The van der Waals surface area contributed by atoms with Crippen molar-refractivity contribution in [3.63, 3.8) is 0 Å². The standard InChI is InChI=1S/C12H13ClN4O2/c1-3-14-11-15-10(13)16-12(17-11)19-9-6-4-8(18-2)5-7-9/h4-7H,3H2,1-2H3,(H,14,15,16,17). The van der Waals surface area contributed by atoms with Crippen LogP contribution in [0.2, 0.25) is 5.28 Å². The molecule has 2 rings (SSSR count). The van der Waals surface area contributed by atoms with Crippen molar-refractivity contribution in [2.24, 2.45) is 0 Å². The molecule has 1 aromatic heterocycles. The first kappa shape index (κ1) is 13.4. The van der Waals surface area contributed by atoms with Gasteiger partial charge in [0.25, 0.3) is 0 Å². The van der Waals surface area contributed by atoms with Crippen molar-refractivity contribution in [3.8, 4) is 17.5 Å². The summed E-state index contributed by atoms with van der Waals surface area (Å²) in [6.45, 7) is 2.62. The van der Waals surface area contributed by atoms with Crippen LogP contribution in [0.5, 0.6) is 17.5 Å². The molecule has 1 aromatic carbocycles. The SMILES string of the molecule is CCNc1nc(Cl)nc(Oc2ccc(OC)cc2)n1. The van der Waals surface area contributed by atoms with Gasteiger partial charge in [0.05, 0.1) is 7.11 Å². The minimum atomic E-state index is 0.0782. The minimum absolute atomic E-state index is 0.0782. The molecule has 0 atom stereocenters. The van der Waals surface area contributed by atoms with Gasteiger partial charge in [0.2, 0.25) is 11.2 Å². The van der Waals surface area contributed by atoms with Crippen molar-refractivity contribution in [3.05, 3.63) is 29.5 Å². The number of methoxy groups -OCH3 is 1. The number of benzene rings is 1. The van der Waals surface area contributed by atoms with E-state index in [4.69, 9.17) is 21.1 Å². The van der Waals surface area contributed by atoms with Crippen LogP contribution in [0.25, 0.3) is 0 Å². The van der Waals surface area contributed by atoms with Gasteiger partial charge in [-0.15, -0.1) is 0 Å². The molecule has 0 fully saturated rings. The highest BCUT2D eigenvalue weighted by atomic mass is 35.5. The van der Waals surface area contributed by atoms with Crippen molar-refractivity contribution in [1.29, 1.82) is 0 Å². The highest BCUT2D eigenvalue weighted by Gasteiger charge is 2.06. The number of anilines is 1. The van der Waals surface area contributed by atoms with Gasteiger partial charge in [-0.2, -0.15) is 15.0 Å². The Kier molecular flexibility index (Phi) is 4.35. The molecule has 0 saturated carbocycles. The Morgan fingerprint density at radius 1 is 1.11 bits per heavy atom. The molecule has 1 N–H and O–H groups in total. The number of rotatable bonds is 5. The first-order valence-electron chi connectivity index (χ1n) is 5.68. The van der Waals surface area contributed by atoms with E-state index in [0.29, 0.717) is 18.2 Å². The summed E-state index contributed by atoms with van der Waals surface area (Å²) in [5, 5.41) is 3.02. The number of ether oxygens (including phenoxy) is 2. The molecular weight excluding hydrogens is 268 g/mol. The van der Waals surface area contributed by atoms with Gasteiger partial charge in [-0.25, -0.2) is 0 Å². The van der Waals surface area contributed by atoms with Crippen LogP contribution in [0.3, 0.4) is 0 Å². The van der Waals surface area contributed by atoms with Crippen LogP contribution < -0.4 is 14.8 Å². The van der Waals surface area contributed by atoms with Gasteiger partial charge in [-0.1, -0.05) is 0 Å². The van der Waals surface area contributed by atoms with Crippen LogP contribution in [-0.4, -0.2) is 28.6 Å². The lowest BCUT2D eigenvalue weighted by Crippen LogP contribution is -2.04. The first-order valence-corrected chi connectivity index (χ1v) is 6.06. The smallest absolute Gasteiger partial charge is 0.328 e. The maximum atomic E-state index is 5.80. The van der Waals surface area contributed by atoms with Crippen LogP contribution in [0.15, 0.2) is 24.3 Å². The molecule has 0 bridgehead atoms. The van der Waals surface area contributed by atoms with Crippen LogP contribution in [-0.2, 0) is 0 Å². The minimum Gasteiger partial charge on any atom is -0.497 e. The number of nitrogens with one attached hydrogen (secondary N) is 1. The van der Waals surface area contributed by atoms with Gasteiger partial charge in [-0.05, 0) is 42.8 Å². The fourth-order valence-corrected chi connectivity index (χ4v) is 1.52. The van der Waals surface area contributed by atoms with Gasteiger partial charge in [-0.3, -0.25) is 0 Å². The fourth-order valence-electron chi connectivity index (χ4n) is 1.36. The van der Waals surface area contributed by atoms with E-state index >= 15 is 0 Å². The maximum absolute atomic E-state index is 5.80. The molecule has 0 aliphatic carbocycles. The highest BCUT2D eigenvalue weighted by Crippen LogP contribution is 2.22. The summed E-state index contributed by atoms with van der Waals surface area (Å²) in [4.78, 5) is 11.9. The summed E-state index contributed by atoms with van der Waals surface area (Å²) in [6.07, 6.45) is 0. The van der Waals surface area contributed by atoms with Crippen molar-refractivity contribution >= 4 is 17.5 Å². The molecule has 19 heavy (non-hydrogen) atoms. The zero-order valence-electron chi connectivity index (χ0n) is 10.6. The van der Waals surface area contributed by atoms with E-state index in [1.165, 1.54) is 0 Å². The maximum Gasteiger partial charge on any atom is 0.328 e. The number of hydrogen-bond acceptors (Lipinski definition) is 6. The third kappa shape index (κ3) is 3.69. The summed E-state index contributed by atoms with van der Waals surface area (Å²) in [6, 6.07) is 7.21. The number of nitrogens with zero attached hydrogens (tertiary/aromatic N) is 3. The van der Waals surface area contributed by atoms with E-state index in [0.717, 1.165) is 5.75 Å². The van der Waals surface area contributed by atoms with E-state index in [1.54, 1.807) is 31.4 Å².